The average molecular weight is 525 g/mol. The Morgan fingerprint density at radius 3 is 2.43 bits per heavy atom. The predicted octanol–water partition coefficient (Wildman–Crippen LogP) is 4.00. The molecule has 0 aromatic heterocycles. The first kappa shape index (κ1) is 25.7. The molecule has 1 aliphatic heterocycles. The lowest BCUT2D eigenvalue weighted by atomic mass is 9.79. The third-order valence-corrected chi connectivity index (χ3v) is 8.38. The summed E-state index contributed by atoms with van der Waals surface area (Å²) in [5.74, 6) is -1.47. The summed E-state index contributed by atoms with van der Waals surface area (Å²) in [6, 6.07) is 5.54. The van der Waals surface area contributed by atoms with Crippen LogP contribution in [-0.2, 0) is 9.59 Å². The number of amides is 2. The van der Waals surface area contributed by atoms with Gasteiger partial charge in [-0.3, -0.25) is 14.4 Å². The Labute approximate surface area is 221 Å². The number of rotatable bonds is 7. The van der Waals surface area contributed by atoms with E-state index in [0.717, 1.165) is 29.6 Å². The maximum absolute atomic E-state index is 13.6. The number of benzene rings is 1. The second-order valence-corrected chi connectivity index (χ2v) is 11.2. The maximum Gasteiger partial charge on any atom is 0.306 e. The number of aliphatic carboxylic acids is 1. The summed E-state index contributed by atoms with van der Waals surface area (Å²) in [6.07, 6.45) is 6.69. The third-order valence-electron chi connectivity index (χ3n) is 8.07. The van der Waals surface area contributed by atoms with Crippen LogP contribution in [0.1, 0.15) is 73.2 Å². The summed E-state index contributed by atoms with van der Waals surface area (Å²) >= 11 is 6.49. The van der Waals surface area contributed by atoms with Crippen molar-refractivity contribution in [2.24, 2.45) is 17.6 Å². The molecule has 1 aromatic rings. The molecule has 5 N–H and O–H groups in total. The molecular weight excluding hydrogens is 492 g/mol. The van der Waals surface area contributed by atoms with E-state index < -0.39 is 11.9 Å². The summed E-state index contributed by atoms with van der Waals surface area (Å²) in [5.41, 5.74) is 9.73. The topological polar surface area (TPSA) is 137 Å². The van der Waals surface area contributed by atoms with Crippen molar-refractivity contribution < 1.29 is 19.5 Å². The van der Waals surface area contributed by atoms with Gasteiger partial charge >= 0.3 is 5.97 Å². The largest absolute Gasteiger partial charge is 0.481 e. The Hall–Kier alpha value is -2.97. The van der Waals surface area contributed by atoms with Crippen LogP contribution in [0.5, 0.6) is 0 Å². The van der Waals surface area contributed by atoms with Crippen LogP contribution in [0, 0.1) is 17.2 Å². The zero-order chi connectivity index (χ0) is 26.3. The van der Waals surface area contributed by atoms with Gasteiger partial charge < -0.3 is 26.5 Å². The number of carboxylic acids is 1. The fourth-order valence-electron chi connectivity index (χ4n) is 5.70. The van der Waals surface area contributed by atoms with Crippen molar-refractivity contribution in [3.8, 4) is 0 Å². The Kier molecular flexibility index (Phi) is 7.23. The molecule has 2 fully saturated rings. The van der Waals surface area contributed by atoms with Crippen molar-refractivity contribution in [1.82, 2.24) is 10.2 Å². The van der Waals surface area contributed by atoms with Crippen LogP contribution >= 0.6 is 11.6 Å². The maximum atomic E-state index is 13.6. The molecule has 5 rings (SSSR count). The van der Waals surface area contributed by atoms with Gasteiger partial charge in [0.15, 0.2) is 0 Å². The van der Waals surface area contributed by atoms with Gasteiger partial charge in [-0.05, 0) is 80.1 Å². The van der Waals surface area contributed by atoms with E-state index in [4.69, 9.17) is 22.7 Å². The fraction of sp³-hybridized carbons (Fsp3) is 0.500. The zero-order valence-corrected chi connectivity index (χ0v) is 21.5. The number of nitrogens with zero attached hydrogens (tertiary/aromatic N) is 1. The van der Waals surface area contributed by atoms with Crippen molar-refractivity contribution in [2.45, 2.75) is 63.3 Å². The molecule has 2 atom stereocenters. The van der Waals surface area contributed by atoms with Gasteiger partial charge in [0.2, 0.25) is 5.91 Å². The molecule has 1 aromatic carbocycles. The van der Waals surface area contributed by atoms with Gasteiger partial charge in [0.25, 0.3) is 5.91 Å². The SMILES string of the molecule is N=C(C1=CCC(C(=O)O)CC1)C1=C(NC(=O)c2c(Cl)cccc2C2CC2)CC(C(=O)N2CC(N)C2)CC1. The number of carboxylic acid groups (broad SMARTS) is 1. The van der Waals surface area contributed by atoms with E-state index in [1.165, 1.54) is 0 Å². The van der Waals surface area contributed by atoms with Crippen LogP contribution in [0.2, 0.25) is 5.02 Å². The molecule has 8 nitrogen and oxygen atoms in total. The van der Waals surface area contributed by atoms with E-state index in [9.17, 15) is 19.5 Å². The van der Waals surface area contributed by atoms with Gasteiger partial charge in [-0.15, -0.1) is 0 Å². The minimum atomic E-state index is -0.815. The highest BCUT2D eigenvalue weighted by molar-refractivity contribution is 6.34. The summed E-state index contributed by atoms with van der Waals surface area (Å²) < 4.78 is 0. The van der Waals surface area contributed by atoms with Crippen LogP contribution in [0.15, 0.2) is 41.1 Å². The monoisotopic (exact) mass is 524 g/mol. The number of nitrogens with two attached hydrogens (primary N) is 1. The Morgan fingerprint density at radius 1 is 1.08 bits per heavy atom. The quantitative estimate of drug-likeness (QED) is 0.399. The molecule has 1 saturated heterocycles. The Morgan fingerprint density at radius 2 is 1.81 bits per heavy atom. The first-order valence-electron chi connectivity index (χ1n) is 13.1. The summed E-state index contributed by atoms with van der Waals surface area (Å²) in [7, 11) is 0. The number of carbonyl (C=O) groups is 3. The van der Waals surface area contributed by atoms with E-state index in [1.807, 2.05) is 18.2 Å². The van der Waals surface area contributed by atoms with E-state index in [1.54, 1.807) is 11.0 Å². The second kappa shape index (κ2) is 10.4. The minimum Gasteiger partial charge on any atom is -0.481 e. The molecule has 3 aliphatic carbocycles. The predicted molar refractivity (Wildman–Crippen MR) is 141 cm³/mol. The van der Waals surface area contributed by atoms with Crippen molar-refractivity contribution in [1.29, 1.82) is 5.41 Å². The molecule has 2 amide bonds. The molecule has 196 valence electrons. The summed E-state index contributed by atoms with van der Waals surface area (Å²) in [6.45, 7) is 1.09. The van der Waals surface area contributed by atoms with E-state index in [-0.39, 0.29) is 23.8 Å². The van der Waals surface area contributed by atoms with E-state index in [0.29, 0.717) is 79.5 Å². The molecule has 0 radical (unpaired) electrons. The number of halogens is 1. The van der Waals surface area contributed by atoms with E-state index >= 15 is 0 Å². The van der Waals surface area contributed by atoms with Crippen LogP contribution in [0.3, 0.4) is 0 Å². The lowest BCUT2D eigenvalue weighted by Gasteiger charge is -2.40. The smallest absolute Gasteiger partial charge is 0.306 e. The van der Waals surface area contributed by atoms with Crippen LogP contribution < -0.4 is 11.1 Å². The van der Waals surface area contributed by atoms with Gasteiger partial charge in [0.1, 0.15) is 0 Å². The molecule has 2 unspecified atom stereocenters. The molecule has 37 heavy (non-hydrogen) atoms. The molecule has 1 saturated carbocycles. The molecular formula is C28H33ClN4O4. The molecule has 1 heterocycles. The fourth-order valence-corrected chi connectivity index (χ4v) is 5.97. The van der Waals surface area contributed by atoms with E-state index in [2.05, 4.69) is 5.32 Å². The highest BCUT2D eigenvalue weighted by Crippen LogP contribution is 2.43. The summed E-state index contributed by atoms with van der Waals surface area (Å²) in [5, 5.41) is 21.7. The Bertz CT molecular complexity index is 1210. The van der Waals surface area contributed by atoms with Crippen LogP contribution in [0.25, 0.3) is 0 Å². The van der Waals surface area contributed by atoms with Crippen LogP contribution in [0.4, 0.5) is 0 Å². The first-order chi connectivity index (χ1) is 17.7. The highest BCUT2D eigenvalue weighted by atomic mass is 35.5. The van der Waals surface area contributed by atoms with Crippen molar-refractivity contribution >= 4 is 35.1 Å². The number of carbonyl (C=O) groups excluding carboxylic acids is 2. The number of hydrogen-bond donors (Lipinski definition) is 4. The van der Waals surface area contributed by atoms with Gasteiger partial charge in [0.05, 0.1) is 22.2 Å². The number of nitrogens with one attached hydrogen (secondary N) is 2. The molecule has 0 bridgehead atoms. The van der Waals surface area contributed by atoms with Crippen molar-refractivity contribution in [3.63, 3.8) is 0 Å². The lowest BCUT2D eigenvalue weighted by molar-refractivity contribution is -0.142. The van der Waals surface area contributed by atoms with Crippen molar-refractivity contribution in [2.75, 3.05) is 13.1 Å². The standard InChI is InChI=1S/C28H33ClN4O4/c29-22-3-1-2-20(15-4-5-15)24(22)26(34)32-23-12-18(27(35)33-13-19(30)14-33)10-11-21(23)25(31)16-6-8-17(9-7-16)28(36)37/h1-3,6,15,17-19,31H,4-5,7-14,30H2,(H,32,34)(H,36,37). The van der Waals surface area contributed by atoms with Crippen LogP contribution in [-0.4, -0.2) is 52.6 Å². The lowest BCUT2D eigenvalue weighted by Crippen LogP contribution is -2.59. The molecule has 4 aliphatic rings. The minimum absolute atomic E-state index is 0.0138. The van der Waals surface area contributed by atoms with Gasteiger partial charge in [-0.1, -0.05) is 29.8 Å². The third kappa shape index (κ3) is 5.36. The molecule has 9 heteroatoms. The van der Waals surface area contributed by atoms with Gasteiger partial charge in [-0.25, -0.2) is 0 Å². The summed E-state index contributed by atoms with van der Waals surface area (Å²) in [4.78, 5) is 39.8. The highest BCUT2D eigenvalue weighted by Gasteiger charge is 2.37. The second-order valence-electron chi connectivity index (χ2n) is 10.7. The average Bonchev–Trinajstić information content (AvgIpc) is 3.71. The molecule has 0 spiro atoms. The number of allylic oxidation sites excluding steroid dienone is 4. The van der Waals surface area contributed by atoms with Gasteiger partial charge in [-0.2, -0.15) is 0 Å². The van der Waals surface area contributed by atoms with Crippen molar-refractivity contribution in [3.05, 3.63) is 57.3 Å². The first-order valence-corrected chi connectivity index (χ1v) is 13.5. The zero-order valence-electron chi connectivity index (χ0n) is 20.8. The number of hydrogen-bond acceptors (Lipinski definition) is 5. The normalized spacial score (nSPS) is 24.3. The van der Waals surface area contributed by atoms with Gasteiger partial charge in [0, 0.05) is 30.7 Å². The number of likely N-dealkylation sites (tertiary alicyclic amines) is 1. The Balaban J connectivity index is 1.42.